The number of rotatable bonds is 3. The Kier molecular flexibility index (Phi) is 3.57. The molecular formula is C13H18N2O. The molecule has 86 valence electrons. The van der Waals surface area contributed by atoms with Gasteiger partial charge in [-0.1, -0.05) is 35.5 Å². The smallest absolute Gasteiger partial charge is 0.0742 e. The molecule has 0 saturated heterocycles. The van der Waals surface area contributed by atoms with Crippen LogP contribution < -0.4 is 0 Å². The lowest BCUT2D eigenvalue weighted by Gasteiger charge is -2.24. The van der Waals surface area contributed by atoms with Gasteiger partial charge in [0.2, 0.25) is 0 Å². The highest BCUT2D eigenvalue weighted by molar-refractivity contribution is 5.90. The molecule has 16 heavy (non-hydrogen) atoms. The standard InChI is InChI=1S/C13H18N2O/c1-15(10-11-6-3-2-4-7-11)13-9-5-8-12(13)14-16/h2-4,6-7,13,16H,5,8-10H2,1H3. The van der Waals surface area contributed by atoms with Gasteiger partial charge in [0.1, 0.15) is 0 Å². The molecule has 1 fully saturated rings. The molecule has 0 heterocycles. The minimum atomic E-state index is 0.310. The molecule has 3 nitrogen and oxygen atoms in total. The highest BCUT2D eigenvalue weighted by Crippen LogP contribution is 2.21. The van der Waals surface area contributed by atoms with Crippen LogP contribution in [0.1, 0.15) is 24.8 Å². The van der Waals surface area contributed by atoms with Crippen LogP contribution >= 0.6 is 0 Å². The largest absolute Gasteiger partial charge is 0.411 e. The molecule has 1 aromatic carbocycles. The summed E-state index contributed by atoms with van der Waals surface area (Å²) in [6, 6.07) is 10.7. The fraction of sp³-hybridized carbons (Fsp3) is 0.462. The summed E-state index contributed by atoms with van der Waals surface area (Å²) in [4.78, 5) is 2.26. The van der Waals surface area contributed by atoms with E-state index >= 15 is 0 Å². The van der Waals surface area contributed by atoms with Crippen molar-refractivity contribution in [1.82, 2.24) is 4.90 Å². The van der Waals surface area contributed by atoms with Crippen LogP contribution in [-0.4, -0.2) is 28.9 Å². The first-order chi connectivity index (χ1) is 7.81. The third-order valence-electron chi connectivity index (χ3n) is 3.23. The van der Waals surface area contributed by atoms with E-state index in [1.54, 1.807) is 0 Å². The third kappa shape index (κ3) is 2.42. The van der Waals surface area contributed by atoms with Gasteiger partial charge in [-0.2, -0.15) is 0 Å². The molecule has 1 aromatic rings. The summed E-state index contributed by atoms with van der Waals surface area (Å²) >= 11 is 0. The van der Waals surface area contributed by atoms with Gasteiger partial charge < -0.3 is 5.21 Å². The Morgan fingerprint density at radius 3 is 2.81 bits per heavy atom. The van der Waals surface area contributed by atoms with Crippen molar-refractivity contribution >= 4 is 5.71 Å². The van der Waals surface area contributed by atoms with Gasteiger partial charge in [0.15, 0.2) is 0 Å². The molecule has 2 rings (SSSR count). The number of hydrogen-bond donors (Lipinski definition) is 1. The molecule has 1 saturated carbocycles. The van der Waals surface area contributed by atoms with Crippen molar-refractivity contribution in [2.24, 2.45) is 5.16 Å². The Balaban J connectivity index is 2.00. The number of hydrogen-bond acceptors (Lipinski definition) is 3. The second-order valence-corrected chi connectivity index (χ2v) is 4.40. The van der Waals surface area contributed by atoms with E-state index in [-0.39, 0.29) is 0 Å². The van der Waals surface area contributed by atoms with Crippen LogP contribution in [-0.2, 0) is 6.54 Å². The van der Waals surface area contributed by atoms with Crippen molar-refractivity contribution < 1.29 is 5.21 Å². The molecule has 1 aliphatic carbocycles. The SMILES string of the molecule is CN(Cc1ccccc1)C1CCCC1=NO. The summed E-state index contributed by atoms with van der Waals surface area (Å²) in [5, 5.41) is 12.3. The molecule has 1 N–H and O–H groups in total. The molecule has 1 unspecified atom stereocenters. The zero-order chi connectivity index (χ0) is 11.4. The Labute approximate surface area is 96.4 Å². The maximum atomic E-state index is 8.91. The Bertz CT molecular complexity index is 361. The van der Waals surface area contributed by atoms with Crippen molar-refractivity contribution in [3.8, 4) is 0 Å². The lowest BCUT2D eigenvalue weighted by Crippen LogP contribution is -2.34. The fourth-order valence-corrected chi connectivity index (χ4v) is 2.38. The number of oxime groups is 1. The van der Waals surface area contributed by atoms with Crippen molar-refractivity contribution in [3.05, 3.63) is 35.9 Å². The predicted octanol–water partition coefficient (Wildman–Crippen LogP) is 2.50. The first kappa shape index (κ1) is 11.1. The summed E-state index contributed by atoms with van der Waals surface area (Å²) in [7, 11) is 2.09. The first-order valence-electron chi connectivity index (χ1n) is 5.76. The van der Waals surface area contributed by atoms with Crippen LogP contribution in [0.15, 0.2) is 35.5 Å². The van der Waals surface area contributed by atoms with Gasteiger partial charge >= 0.3 is 0 Å². The Morgan fingerprint density at radius 2 is 2.12 bits per heavy atom. The van der Waals surface area contributed by atoms with Crippen molar-refractivity contribution in [3.63, 3.8) is 0 Å². The average Bonchev–Trinajstić information content (AvgIpc) is 2.78. The normalized spacial score (nSPS) is 23.1. The van der Waals surface area contributed by atoms with Crippen LogP contribution in [0.25, 0.3) is 0 Å². The quantitative estimate of drug-likeness (QED) is 0.625. The minimum Gasteiger partial charge on any atom is -0.411 e. The minimum absolute atomic E-state index is 0.310. The highest BCUT2D eigenvalue weighted by atomic mass is 16.4. The molecule has 0 radical (unpaired) electrons. The summed E-state index contributed by atoms with van der Waals surface area (Å²) in [5.74, 6) is 0. The van der Waals surface area contributed by atoms with E-state index < -0.39 is 0 Å². The second kappa shape index (κ2) is 5.12. The number of benzene rings is 1. The van der Waals surface area contributed by atoms with Crippen molar-refractivity contribution in [1.29, 1.82) is 0 Å². The molecule has 0 bridgehead atoms. The van der Waals surface area contributed by atoms with Crippen LogP contribution in [0.3, 0.4) is 0 Å². The third-order valence-corrected chi connectivity index (χ3v) is 3.23. The van der Waals surface area contributed by atoms with Gasteiger partial charge in [-0.05, 0) is 31.9 Å². The van der Waals surface area contributed by atoms with E-state index in [2.05, 4.69) is 41.4 Å². The molecule has 0 amide bonds. The van der Waals surface area contributed by atoms with Crippen LogP contribution in [0.4, 0.5) is 0 Å². The lowest BCUT2D eigenvalue weighted by atomic mass is 10.1. The van der Waals surface area contributed by atoms with E-state index in [1.165, 1.54) is 5.56 Å². The van der Waals surface area contributed by atoms with Crippen LogP contribution in [0, 0.1) is 0 Å². The fourth-order valence-electron chi connectivity index (χ4n) is 2.38. The molecule has 3 heteroatoms. The molecule has 1 atom stereocenters. The van der Waals surface area contributed by atoms with Crippen LogP contribution in [0.2, 0.25) is 0 Å². The summed E-state index contributed by atoms with van der Waals surface area (Å²) in [6.45, 7) is 0.907. The van der Waals surface area contributed by atoms with Crippen molar-refractivity contribution in [2.75, 3.05) is 7.05 Å². The molecule has 1 aliphatic rings. The number of nitrogens with zero attached hydrogens (tertiary/aromatic N) is 2. The zero-order valence-electron chi connectivity index (χ0n) is 9.63. The monoisotopic (exact) mass is 218 g/mol. The predicted molar refractivity (Wildman–Crippen MR) is 64.8 cm³/mol. The van der Waals surface area contributed by atoms with E-state index in [9.17, 15) is 0 Å². The van der Waals surface area contributed by atoms with Gasteiger partial charge in [-0.3, -0.25) is 4.90 Å². The van der Waals surface area contributed by atoms with Gasteiger partial charge in [-0.25, -0.2) is 0 Å². The maximum Gasteiger partial charge on any atom is 0.0742 e. The Hall–Kier alpha value is -1.35. The van der Waals surface area contributed by atoms with Gasteiger partial charge in [0, 0.05) is 6.54 Å². The summed E-state index contributed by atoms with van der Waals surface area (Å²) in [6.07, 6.45) is 3.16. The summed E-state index contributed by atoms with van der Waals surface area (Å²) in [5.41, 5.74) is 2.23. The van der Waals surface area contributed by atoms with E-state index in [4.69, 9.17) is 5.21 Å². The van der Waals surface area contributed by atoms with Gasteiger partial charge in [-0.15, -0.1) is 0 Å². The Morgan fingerprint density at radius 1 is 1.38 bits per heavy atom. The first-order valence-corrected chi connectivity index (χ1v) is 5.76. The molecule has 0 aromatic heterocycles. The molecular weight excluding hydrogens is 200 g/mol. The average molecular weight is 218 g/mol. The summed E-state index contributed by atoms with van der Waals surface area (Å²) < 4.78 is 0. The lowest BCUT2D eigenvalue weighted by molar-refractivity contribution is 0.271. The van der Waals surface area contributed by atoms with Crippen LogP contribution in [0.5, 0.6) is 0 Å². The van der Waals surface area contributed by atoms with Gasteiger partial charge in [0.05, 0.1) is 11.8 Å². The van der Waals surface area contributed by atoms with E-state index in [0.29, 0.717) is 6.04 Å². The van der Waals surface area contributed by atoms with E-state index in [1.807, 2.05) is 6.07 Å². The zero-order valence-corrected chi connectivity index (χ0v) is 9.63. The topological polar surface area (TPSA) is 35.8 Å². The maximum absolute atomic E-state index is 8.91. The molecule has 0 spiro atoms. The second-order valence-electron chi connectivity index (χ2n) is 4.40. The van der Waals surface area contributed by atoms with Crippen molar-refractivity contribution in [2.45, 2.75) is 31.8 Å². The van der Waals surface area contributed by atoms with Gasteiger partial charge in [0.25, 0.3) is 0 Å². The van der Waals surface area contributed by atoms with E-state index in [0.717, 1.165) is 31.5 Å². The molecule has 0 aliphatic heterocycles. The highest BCUT2D eigenvalue weighted by Gasteiger charge is 2.26.